The van der Waals surface area contributed by atoms with Crippen molar-refractivity contribution in [3.8, 4) is 0 Å². The molecule has 1 aliphatic heterocycles. The van der Waals surface area contributed by atoms with E-state index < -0.39 is 23.5 Å². The van der Waals surface area contributed by atoms with Crippen molar-refractivity contribution in [1.82, 2.24) is 0 Å². The van der Waals surface area contributed by atoms with Gasteiger partial charge in [0, 0.05) is 30.2 Å². The third kappa shape index (κ3) is 3.36. The molecule has 0 unspecified atom stereocenters. The lowest BCUT2D eigenvalue weighted by Crippen LogP contribution is -2.42. The monoisotopic (exact) mass is 343 g/mol. The highest BCUT2D eigenvalue weighted by Gasteiger charge is 2.38. The predicted molar refractivity (Wildman–Crippen MR) is 72.1 cm³/mol. The van der Waals surface area contributed by atoms with Gasteiger partial charge in [0.15, 0.2) is 5.57 Å². The van der Waals surface area contributed by atoms with E-state index in [0.29, 0.717) is 10.2 Å². The molecule has 106 valence electrons. The maximum atomic E-state index is 13.2. The van der Waals surface area contributed by atoms with Crippen LogP contribution in [-0.4, -0.2) is 17.7 Å². The second kappa shape index (κ2) is 5.24. The van der Waals surface area contributed by atoms with E-state index >= 15 is 0 Å². The number of anilines is 1. The maximum absolute atomic E-state index is 13.2. The third-order valence-electron chi connectivity index (χ3n) is 2.36. The third-order valence-corrected chi connectivity index (χ3v) is 2.82. The van der Waals surface area contributed by atoms with Crippen LogP contribution in [0.25, 0.3) is 0 Å². The van der Waals surface area contributed by atoms with Crippen molar-refractivity contribution >= 4 is 33.6 Å². The number of hydrogen-bond donors (Lipinski definition) is 1. The molecular formula is C13H11BrFNO4. The molecule has 1 aromatic rings. The highest BCUT2D eigenvalue weighted by atomic mass is 79.9. The van der Waals surface area contributed by atoms with E-state index in [1.165, 1.54) is 26.0 Å². The lowest BCUT2D eigenvalue weighted by Gasteiger charge is -2.29. The molecule has 1 heterocycles. The minimum Gasteiger partial charge on any atom is -0.419 e. The topological polar surface area (TPSA) is 64.6 Å². The van der Waals surface area contributed by atoms with Crippen LogP contribution in [0.5, 0.6) is 0 Å². The van der Waals surface area contributed by atoms with Gasteiger partial charge in [0.05, 0.1) is 0 Å². The number of carbonyl (C=O) groups is 2. The molecule has 1 N–H and O–H groups in total. The average Bonchev–Trinajstić information content (AvgIpc) is 2.24. The molecule has 0 atom stereocenters. The summed E-state index contributed by atoms with van der Waals surface area (Å²) in [5, 5.41) is 2.65. The SMILES string of the molecule is CC1(C)OC(=O)C(=CNc2cc(F)cc(Br)c2)C(=O)O1. The van der Waals surface area contributed by atoms with Gasteiger partial charge in [-0.2, -0.15) is 0 Å². The molecule has 0 spiro atoms. The van der Waals surface area contributed by atoms with Gasteiger partial charge in [0.2, 0.25) is 0 Å². The molecule has 0 amide bonds. The summed E-state index contributed by atoms with van der Waals surface area (Å²) in [6, 6.07) is 4.08. The van der Waals surface area contributed by atoms with Crippen molar-refractivity contribution in [1.29, 1.82) is 0 Å². The molecule has 1 aliphatic rings. The zero-order valence-corrected chi connectivity index (χ0v) is 12.3. The van der Waals surface area contributed by atoms with Gasteiger partial charge in [-0.3, -0.25) is 0 Å². The lowest BCUT2D eigenvalue weighted by atomic mass is 10.2. The van der Waals surface area contributed by atoms with E-state index in [0.717, 1.165) is 6.20 Å². The van der Waals surface area contributed by atoms with Gasteiger partial charge in [-0.25, -0.2) is 14.0 Å². The van der Waals surface area contributed by atoms with E-state index in [2.05, 4.69) is 21.2 Å². The Kier molecular flexibility index (Phi) is 3.80. The second-order valence-electron chi connectivity index (χ2n) is 4.54. The molecule has 1 aromatic carbocycles. The predicted octanol–water partition coefficient (Wildman–Crippen LogP) is 2.72. The fourth-order valence-corrected chi connectivity index (χ4v) is 2.04. The first-order valence-electron chi connectivity index (χ1n) is 5.66. The van der Waals surface area contributed by atoms with E-state index in [1.54, 1.807) is 6.07 Å². The molecule has 0 aromatic heterocycles. The maximum Gasteiger partial charge on any atom is 0.350 e. The van der Waals surface area contributed by atoms with Crippen LogP contribution in [0.3, 0.4) is 0 Å². The van der Waals surface area contributed by atoms with Gasteiger partial charge < -0.3 is 14.8 Å². The van der Waals surface area contributed by atoms with Gasteiger partial charge in [-0.1, -0.05) is 15.9 Å². The summed E-state index contributed by atoms with van der Waals surface area (Å²) in [5.74, 6) is -3.34. The first kappa shape index (κ1) is 14.5. The van der Waals surface area contributed by atoms with Crippen LogP contribution in [0.15, 0.2) is 34.4 Å². The normalized spacial score (nSPS) is 17.3. The van der Waals surface area contributed by atoms with Gasteiger partial charge in [-0.05, 0) is 18.2 Å². The Morgan fingerprint density at radius 3 is 2.35 bits per heavy atom. The fraction of sp³-hybridized carbons (Fsp3) is 0.231. The minimum atomic E-state index is -1.28. The number of rotatable bonds is 2. The van der Waals surface area contributed by atoms with Gasteiger partial charge in [0.25, 0.3) is 5.79 Å². The average molecular weight is 344 g/mol. The largest absolute Gasteiger partial charge is 0.419 e. The van der Waals surface area contributed by atoms with Crippen molar-refractivity contribution in [2.45, 2.75) is 19.6 Å². The van der Waals surface area contributed by atoms with E-state index in [1.807, 2.05) is 0 Å². The zero-order valence-electron chi connectivity index (χ0n) is 10.7. The summed E-state index contributed by atoms with van der Waals surface area (Å²) < 4.78 is 23.5. The first-order chi connectivity index (χ1) is 9.27. The van der Waals surface area contributed by atoms with Crippen LogP contribution in [0.1, 0.15) is 13.8 Å². The summed E-state index contributed by atoms with van der Waals surface area (Å²) in [5.41, 5.74) is 0.0829. The molecule has 5 nitrogen and oxygen atoms in total. The van der Waals surface area contributed by atoms with E-state index in [9.17, 15) is 14.0 Å². The molecule has 0 radical (unpaired) electrons. The number of carbonyl (C=O) groups excluding carboxylic acids is 2. The quantitative estimate of drug-likeness (QED) is 0.508. The highest BCUT2D eigenvalue weighted by molar-refractivity contribution is 9.10. The van der Waals surface area contributed by atoms with Crippen LogP contribution in [0.4, 0.5) is 10.1 Å². The molecule has 0 saturated carbocycles. The van der Waals surface area contributed by atoms with Gasteiger partial charge >= 0.3 is 11.9 Å². The number of hydrogen-bond acceptors (Lipinski definition) is 5. The Hall–Kier alpha value is -1.89. The zero-order chi connectivity index (χ0) is 14.9. The Morgan fingerprint density at radius 1 is 1.20 bits per heavy atom. The number of esters is 2. The van der Waals surface area contributed by atoms with Crippen molar-refractivity contribution in [3.63, 3.8) is 0 Å². The molecule has 7 heteroatoms. The summed E-state index contributed by atoms with van der Waals surface area (Å²) >= 11 is 3.13. The van der Waals surface area contributed by atoms with Gasteiger partial charge in [0.1, 0.15) is 5.82 Å². The molecular weight excluding hydrogens is 333 g/mol. The number of halogens is 2. The van der Waals surface area contributed by atoms with Crippen LogP contribution in [0.2, 0.25) is 0 Å². The Morgan fingerprint density at radius 2 is 1.80 bits per heavy atom. The smallest absolute Gasteiger partial charge is 0.350 e. The molecule has 2 rings (SSSR count). The Bertz CT molecular complexity index is 570. The standard InChI is InChI=1S/C13H11BrFNO4/c1-13(2)19-11(17)10(12(18)20-13)6-16-9-4-7(14)3-8(15)5-9/h3-6,16H,1-2H3. The van der Waals surface area contributed by atoms with Crippen LogP contribution in [-0.2, 0) is 19.1 Å². The number of nitrogens with one attached hydrogen (secondary N) is 1. The number of ether oxygens (including phenoxy) is 2. The molecule has 1 saturated heterocycles. The van der Waals surface area contributed by atoms with Crippen LogP contribution < -0.4 is 5.32 Å². The van der Waals surface area contributed by atoms with Crippen molar-refractivity contribution in [2.75, 3.05) is 5.32 Å². The van der Waals surface area contributed by atoms with Crippen molar-refractivity contribution in [2.24, 2.45) is 0 Å². The number of cyclic esters (lactones) is 2. The van der Waals surface area contributed by atoms with Gasteiger partial charge in [-0.15, -0.1) is 0 Å². The first-order valence-corrected chi connectivity index (χ1v) is 6.46. The van der Waals surface area contributed by atoms with Crippen LogP contribution in [0, 0.1) is 5.82 Å². The second-order valence-corrected chi connectivity index (χ2v) is 5.46. The minimum absolute atomic E-state index is 0.287. The lowest BCUT2D eigenvalue weighted by molar-refractivity contribution is -0.222. The summed E-state index contributed by atoms with van der Waals surface area (Å²) in [7, 11) is 0. The van der Waals surface area contributed by atoms with E-state index in [4.69, 9.17) is 9.47 Å². The molecule has 0 bridgehead atoms. The Labute approximate surface area is 122 Å². The van der Waals surface area contributed by atoms with Crippen molar-refractivity contribution < 1.29 is 23.5 Å². The molecule has 20 heavy (non-hydrogen) atoms. The number of benzene rings is 1. The Balaban J connectivity index is 2.19. The molecule has 1 fully saturated rings. The summed E-state index contributed by atoms with van der Waals surface area (Å²) in [4.78, 5) is 23.3. The molecule has 0 aliphatic carbocycles. The summed E-state index contributed by atoms with van der Waals surface area (Å²) in [6.45, 7) is 2.91. The van der Waals surface area contributed by atoms with Crippen molar-refractivity contribution in [3.05, 3.63) is 40.3 Å². The van der Waals surface area contributed by atoms with Crippen LogP contribution >= 0.6 is 15.9 Å². The van der Waals surface area contributed by atoms with E-state index in [-0.39, 0.29) is 5.57 Å². The fourth-order valence-electron chi connectivity index (χ4n) is 1.57. The summed E-state index contributed by atoms with van der Waals surface area (Å²) in [6.07, 6.45) is 1.13. The highest BCUT2D eigenvalue weighted by Crippen LogP contribution is 2.23.